The Morgan fingerprint density at radius 1 is 0.682 bits per heavy atom. The third-order valence-corrected chi connectivity index (χ3v) is 3.80. The summed E-state index contributed by atoms with van der Waals surface area (Å²) in [5.41, 5.74) is 5.19. The van der Waals surface area contributed by atoms with Crippen LogP contribution in [0.2, 0.25) is 0 Å². The van der Waals surface area contributed by atoms with Crippen LogP contribution in [0.4, 0.5) is 0 Å². The van der Waals surface area contributed by atoms with Gasteiger partial charge in [-0.25, -0.2) is 0 Å². The lowest BCUT2D eigenvalue weighted by atomic mass is 9.95. The van der Waals surface area contributed by atoms with Gasteiger partial charge in [-0.3, -0.25) is 0 Å². The predicted octanol–water partition coefficient (Wildman–Crippen LogP) is 4.76. The molecule has 3 aromatic rings. The number of phenols is 1. The van der Waals surface area contributed by atoms with Crippen LogP contribution in [0.5, 0.6) is 5.75 Å². The summed E-state index contributed by atoms with van der Waals surface area (Å²) in [6.07, 6.45) is 1.44. The predicted molar refractivity (Wildman–Crippen MR) is 91.1 cm³/mol. The van der Waals surface area contributed by atoms with E-state index in [1.165, 1.54) is 11.1 Å². The van der Waals surface area contributed by atoms with Crippen LogP contribution < -0.4 is 0 Å². The third-order valence-electron chi connectivity index (χ3n) is 3.80. The van der Waals surface area contributed by atoms with Crippen LogP contribution in [0.15, 0.2) is 72.8 Å². The first-order valence-corrected chi connectivity index (χ1v) is 7.47. The van der Waals surface area contributed by atoms with Gasteiger partial charge >= 0.3 is 0 Å². The van der Waals surface area contributed by atoms with Gasteiger partial charge < -0.3 is 5.11 Å². The Balaban J connectivity index is 1.92. The monoisotopic (exact) mass is 287 g/mol. The zero-order chi connectivity index (χ0) is 15.4. The van der Waals surface area contributed by atoms with Crippen LogP contribution in [-0.4, -0.2) is 5.11 Å². The van der Waals surface area contributed by atoms with Gasteiger partial charge in [0.1, 0.15) is 5.75 Å². The van der Waals surface area contributed by atoms with Gasteiger partial charge in [-0.05, 0) is 34.7 Å². The Morgan fingerprint density at radius 2 is 1.09 bits per heavy atom. The Kier molecular flexibility index (Phi) is 4.24. The molecule has 0 aliphatic heterocycles. The van der Waals surface area contributed by atoms with Gasteiger partial charge in [0.25, 0.3) is 0 Å². The van der Waals surface area contributed by atoms with E-state index in [0.717, 1.165) is 29.5 Å². The van der Waals surface area contributed by atoms with Crippen LogP contribution in [0, 0.1) is 6.92 Å². The summed E-state index contributed by atoms with van der Waals surface area (Å²) in [7, 11) is 0. The smallest absolute Gasteiger partial charge is 0.122 e. The first-order chi connectivity index (χ1) is 10.7. The van der Waals surface area contributed by atoms with Gasteiger partial charge in [-0.2, -0.15) is 0 Å². The van der Waals surface area contributed by atoms with Gasteiger partial charge in [0.2, 0.25) is 0 Å². The highest BCUT2D eigenvalue weighted by molar-refractivity contribution is 5.48. The van der Waals surface area contributed by atoms with Gasteiger partial charge in [-0.1, -0.05) is 72.8 Å². The molecule has 0 bridgehead atoms. The molecule has 0 saturated heterocycles. The highest BCUT2D eigenvalue weighted by Gasteiger charge is 2.10. The van der Waals surface area contributed by atoms with Crippen molar-refractivity contribution < 1.29 is 5.11 Å². The minimum atomic E-state index is 0.389. The van der Waals surface area contributed by atoms with Crippen LogP contribution >= 0.6 is 0 Å². The Hall–Kier alpha value is -2.54. The van der Waals surface area contributed by atoms with Crippen LogP contribution in [0.25, 0.3) is 0 Å². The summed E-state index contributed by atoms with van der Waals surface area (Å²) in [4.78, 5) is 0. The maximum Gasteiger partial charge on any atom is 0.122 e. The standard InChI is InChI=1S/C21H19O/c1-16-12-19(14-17-8-4-2-5-9-17)21(22)20(13-16)15-18-10-6-3-7-11-18/h2-13,22H,1,14-15H2. The minimum Gasteiger partial charge on any atom is -0.507 e. The molecule has 109 valence electrons. The van der Waals surface area contributed by atoms with Crippen LogP contribution in [-0.2, 0) is 12.8 Å². The summed E-state index contributed by atoms with van der Waals surface area (Å²) in [6.45, 7) is 4.06. The maximum absolute atomic E-state index is 10.6. The molecule has 0 fully saturated rings. The summed E-state index contributed by atoms with van der Waals surface area (Å²) < 4.78 is 0. The molecule has 3 rings (SSSR count). The summed E-state index contributed by atoms with van der Waals surface area (Å²) in [5.74, 6) is 0.389. The topological polar surface area (TPSA) is 20.2 Å². The molecule has 0 atom stereocenters. The van der Waals surface area contributed by atoms with E-state index in [4.69, 9.17) is 0 Å². The molecule has 0 aromatic heterocycles. The number of hydrogen-bond donors (Lipinski definition) is 1. The zero-order valence-corrected chi connectivity index (χ0v) is 12.5. The highest BCUT2D eigenvalue weighted by atomic mass is 16.3. The van der Waals surface area contributed by atoms with E-state index in [0.29, 0.717) is 5.75 Å². The van der Waals surface area contributed by atoms with Crippen molar-refractivity contribution in [1.29, 1.82) is 0 Å². The van der Waals surface area contributed by atoms with Crippen molar-refractivity contribution in [1.82, 2.24) is 0 Å². The zero-order valence-electron chi connectivity index (χ0n) is 12.5. The average molecular weight is 287 g/mol. The normalized spacial score (nSPS) is 10.6. The number of rotatable bonds is 4. The molecule has 0 unspecified atom stereocenters. The van der Waals surface area contributed by atoms with Gasteiger partial charge in [0.05, 0.1) is 0 Å². The number of phenolic OH excluding ortho intramolecular Hbond substituents is 1. The van der Waals surface area contributed by atoms with Crippen molar-refractivity contribution in [3.05, 3.63) is 108 Å². The van der Waals surface area contributed by atoms with E-state index in [2.05, 4.69) is 31.2 Å². The summed E-state index contributed by atoms with van der Waals surface area (Å²) in [6, 6.07) is 24.3. The van der Waals surface area contributed by atoms with E-state index in [1.54, 1.807) is 0 Å². The molecule has 0 aliphatic carbocycles. The molecular weight excluding hydrogens is 268 g/mol. The fourth-order valence-corrected chi connectivity index (χ4v) is 2.73. The Labute approximate surface area is 131 Å². The lowest BCUT2D eigenvalue weighted by Gasteiger charge is -2.12. The van der Waals surface area contributed by atoms with E-state index in [-0.39, 0.29) is 0 Å². The maximum atomic E-state index is 10.6. The molecule has 1 heteroatoms. The molecule has 0 saturated carbocycles. The van der Waals surface area contributed by atoms with E-state index in [1.807, 2.05) is 48.5 Å². The molecule has 1 nitrogen and oxygen atoms in total. The molecule has 22 heavy (non-hydrogen) atoms. The first-order valence-electron chi connectivity index (χ1n) is 7.47. The van der Waals surface area contributed by atoms with E-state index in [9.17, 15) is 5.11 Å². The van der Waals surface area contributed by atoms with Crippen molar-refractivity contribution >= 4 is 0 Å². The van der Waals surface area contributed by atoms with Crippen LogP contribution in [0.3, 0.4) is 0 Å². The van der Waals surface area contributed by atoms with E-state index < -0.39 is 0 Å². The fraction of sp³-hybridized carbons (Fsp3) is 0.0952. The van der Waals surface area contributed by atoms with Crippen molar-refractivity contribution in [3.8, 4) is 5.75 Å². The lowest BCUT2D eigenvalue weighted by Crippen LogP contribution is -1.96. The molecule has 0 heterocycles. The second-order valence-electron chi connectivity index (χ2n) is 5.59. The molecular formula is C21H19O. The fourth-order valence-electron chi connectivity index (χ4n) is 2.73. The van der Waals surface area contributed by atoms with Gasteiger partial charge in [0.15, 0.2) is 0 Å². The van der Waals surface area contributed by atoms with Gasteiger partial charge in [-0.15, -0.1) is 0 Å². The second-order valence-corrected chi connectivity index (χ2v) is 5.59. The van der Waals surface area contributed by atoms with Crippen molar-refractivity contribution in [2.45, 2.75) is 12.8 Å². The summed E-state index contributed by atoms with van der Waals surface area (Å²) >= 11 is 0. The van der Waals surface area contributed by atoms with Gasteiger partial charge in [0, 0.05) is 12.8 Å². The number of benzene rings is 3. The second kappa shape index (κ2) is 6.48. The number of hydrogen-bond acceptors (Lipinski definition) is 1. The van der Waals surface area contributed by atoms with Crippen molar-refractivity contribution in [3.63, 3.8) is 0 Å². The summed E-state index contributed by atoms with van der Waals surface area (Å²) in [5, 5.41) is 10.6. The first kappa shape index (κ1) is 14.4. The molecule has 0 aliphatic rings. The third kappa shape index (κ3) is 3.37. The number of aromatic hydroxyl groups is 1. The SMILES string of the molecule is [CH2]c1cc(Cc2ccccc2)c(O)c(Cc2ccccc2)c1. The lowest BCUT2D eigenvalue weighted by molar-refractivity contribution is 0.463. The molecule has 0 amide bonds. The minimum absolute atomic E-state index is 0.389. The van der Waals surface area contributed by atoms with Crippen molar-refractivity contribution in [2.75, 3.05) is 0 Å². The Bertz CT molecular complexity index is 683. The molecule has 3 aromatic carbocycles. The largest absolute Gasteiger partial charge is 0.507 e. The van der Waals surface area contributed by atoms with Crippen LogP contribution in [0.1, 0.15) is 27.8 Å². The highest BCUT2D eigenvalue weighted by Crippen LogP contribution is 2.28. The average Bonchev–Trinajstić information content (AvgIpc) is 2.54. The molecule has 1 N–H and O–H groups in total. The molecule has 1 radical (unpaired) electrons. The van der Waals surface area contributed by atoms with Crippen molar-refractivity contribution in [2.24, 2.45) is 0 Å². The van der Waals surface area contributed by atoms with E-state index >= 15 is 0 Å². The Morgan fingerprint density at radius 3 is 1.50 bits per heavy atom. The quantitative estimate of drug-likeness (QED) is 0.733. The molecule has 0 spiro atoms.